The zero-order chi connectivity index (χ0) is 26.9. The maximum absolute atomic E-state index is 10.3. The number of nitrogens with zero attached hydrogens (tertiary/aromatic N) is 3. The second-order valence-electron chi connectivity index (χ2n) is 10.2. The first-order valence-corrected chi connectivity index (χ1v) is 16.2. The van der Waals surface area contributed by atoms with Crippen molar-refractivity contribution in [3.63, 3.8) is 0 Å². The molecular weight excluding hydrogens is 495 g/mol. The van der Waals surface area contributed by atoms with E-state index in [9.17, 15) is 15.0 Å². The molecule has 0 saturated carbocycles. The van der Waals surface area contributed by atoms with E-state index in [1.165, 1.54) is 20.4 Å². The molecule has 0 aliphatic heterocycles. The molecule has 0 aliphatic rings. The number of benzene rings is 3. The van der Waals surface area contributed by atoms with Crippen molar-refractivity contribution in [1.29, 1.82) is 5.26 Å². The zero-order valence-corrected chi connectivity index (χ0v) is 24.1. The first kappa shape index (κ1) is 29.2. The topological polar surface area (TPSA) is 82.8 Å². The van der Waals surface area contributed by atoms with Crippen LogP contribution in [0.3, 0.4) is 0 Å². The van der Waals surface area contributed by atoms with Crippen LogP contribution in [0, 0.1) is 11.3 Å². The molecule has 37 heavy (non-hydrogen) atoms. The Morgan fingerprint density at radius 3 is 1.65 bits per heavy atom. The summed E-state index contributed by atoms with van der Waals surface area (Å²) in [6.45, 7) is 8.55. The summed E-state index contributed by atoms with van der Waals surface area (Å²) in [5.41, 5.74) is 2.71. The predicted molar refractivity (Wildman–Crippen MR) is 156 cm³/mol. The van der Waals surface area contributed by atoms with Gasteiger partial charge in [0.2, 0.25) is 0 Å². The monoisotopic (exact) mass is 534 g/mol. The molecule has 196 valence electrons. The fraction of sp³-hybridized carbons (Fsp3) is 0.345. The van der Waals surface area contributed by atoms with Gasteiger partial charge in [0.05, 0.1) is 6.07 Å². The fourth-order valence-electron chi connectivity index (χ4n) is 4.98. The summed E-state index contributed by atoms with van der Waals surface area (Å²) in [7, 11) is -4.89. The van der Waals surface area contributed by atoms with Crippen molar-refractivity contribution in [2.45, 2.75) is 58.2 Å². The highest BCUT2D eigenvalue weighted by atomic mass is 31.2. The summed E-state index contributed by atoms with van der Waals surface area (Å²) in [6.07, 6.45) is 1.06. The normalized spacial score (nSPS) is 12.5. The summed E-state index contributed by atoms with van der Waals surface area (Å²) in [6, 6.07) is 35.5. The van der Waals surface area contributed by atoms with Gasteiger partial charge in [0.25, 0.3) is 8.53 Å². The van der Waals surface area contributed by atoms with Crippen molar-refractivity contribution in [2.75, 3.05) is 6.54 Å². The molecule has 0 bridgehead atoms. The van der Waals surface area contributed by atoms with Crippen LogP contribution in [-0.2, 0) is 0 Å². The van der Waals surface area contributed by atoms with Gasteiger partial charge in [-0.2, -0.15) is 5.26 Å². The minimum absolute atomic E-state index is 0.00360. The molecule has 0 heterocycles. The van der Waals surface area contributed by atoms with Gasteiger partial charge in [0.15, 0.2) is 0 Å². The summed E-state index contributed by atoms with van der Waals surface area (Å²) < 4.78 is 0. The number of hydrazine groups is 2. The fourth-order valence-corrected chi connectivity index (χ4v) is 11.0. The lowest BCUT2D eigenvalue weighted by Crippen LogP contribution is -2.68. The van der Waals surface area contributed by atoms with Crippen LogP contribution in [0.4, 0.5) is 0 Å². The van der Waals surface area contributed by atoms with Crippen LogP contribution in [-0.4, -0.2) is 45.9 Å². The van der Waals surface area contributed by atoms with E-state index in [1.54, 1.807) is 0 Å². The average molecular weight is 535 g/mol. The molecule has 0 aliphatic carbocycles. The predicted octanol–water partition coefficient (Wildman–Crippen LogP) is 3.88. The summed E-state index contributed by atoms with van der Waals surface area (Å²) in [4.78, 5) is 22.1. The number of hydrogen-bond donors (Lipinski definition) is 3. The molecule has 3 N–H and O–H groups in total. The Labute approximate surface area is 224 Å². The molecule has 3 rings (SSSR count). The first-order chi connectivity index (χ1) is 17.7. The third kappa shape index (κ3) is 7.13. The average Bonchev–Trinajstić information content (AvgIpc) is 2.90. The lowest BCUT2D eigenvalue weighted by Gasteiger charge is -2.47. The lowest BCUT2D eigenvalue weighted by molar-refractivity contribution is -0.0805. The molecule has 0 aromatic heterocycles. The highest BCUT2D eigenvalue weighted by molar-refractivity contribution is 7.42. The van der Waals surface area contributed by atoms with Gasteiger partial charge in [-0.1, -0.05) is 91.0 Å². The Balaban J connectivity index is 2.10. The van der Waals surface area contributed by atoms with Crippen molar-refractivity contribution >= 4 is 32.2 Å². The number of nitriles is 1. The Morgan fingerprint density at radius 2 is 1.30 bits per heavy atom. The molecule has 0 fully saturated rings. The molecule has 0 amide bonds. The van der Waals surface area contributed by atoms with Crippen LogP contribution in [0.1, 0.15) is 40.5 Å². The Morgan fingerprint density at radius 1 is 0.865 bits per heavy atom. The van der Waals surface area contributed by atoms with Gasteiger partial charge in [-0.25, -0.2) is 10.4 Å². The second kappa shape index (κ2) is 13.4. The highest BCUT2D eigenvalue weighted by Gasteiger charge is 2.43. The molecule has 0 saturated heterocycles. The van der Waals surface area contributed by atoms with Gasteiger partial charge in [0, 0.05) is 24.5 Å². The highest BCUT2D eigenvalue weighted by Crippen LogP contribution is 2.36. The molecule has 0 spiro atoms. The van der Waals surface area contributed by atoms with E-state index in [-0.39, 0.29) is 12.5 Å². The van der Waals surface area contributed by atoms with E-state index in [4.69, 9.17) is 0 Å². The maximum Gasteiger partial charge on any atom is 0.283 e. The standard InChI is InChI=1S/C29H39N4O2PSi/c1-25(2)31-33(36(34)35)32(23-14-22-30)29(3,4)21-24-37(26-15-8-5-9-16-26,27-17-10-6-11-18-27)28-19-12-7-13-20-28/h5-13,15-20,25,31,34-35H,14,21,23-24H2,1-4H3. The lowest BCUT2D eigenvalue weighted by atomic mass is 10.0. The Bertz CT molecular complexity index is 1030. The van der Waals surface area contributed by atoms with Crippen LogP contribution in [0.2, 0.25) is 6.04 Å². The van der Waals surface area contributed by atoms with Gasteiger partial charge in [-0.05, 0) is 55.7 Å². The minimum atomic E-state index is -2.46. The Kier molecular flexibility index (Phi) is 10.6. The van der Waals surface area contributed by atoms with Crippen molar-refractivity contribution in [3.8, 4) is 6.07 Å². The number of rotatable bonds is 13. The third-order valence-electron chi connectivity index (χ3n) is 6.82. The molecule has 3 aromatic rings. The maximum atomic E-state index is 10.3. The molecule has 8 heteroatoms. The Hall–Kier alpha value is -2.40. The summed E-state index contributed by atoms with van der Waals surface area (Å²) in [5.74, 6) is 0. The van der Waals surface area contributed by atoms with Crippen molar-refractivity contribution in [2.24, 2.45) is 0 Å². The van der Waals surface area contributed by atoms with Crippen molar-refractivity contribution < 1.29 is 9.79 Å². The van der Waals surface area contributed by atoms with Gasteiger partial charge in [0.1, 0.15) is 8.07 Å². The smallest absolute Gasteiger partial charge is 0.283 e. The first-order valence-electron chi connectivity index (χ1n) is 12.8. The molecule has 6 nitrogen and oxygen atoms in total. The van der Waals surface area contributed by atoms with Crippen LogP contribution < -0.4 is 21.0 Å². The van der Waals surface area contributed by atoms with Crippen LogP contribution >= 0.6 is 8.53 Å². The zero-order valence-electron chi connectivity index (χ0n) is 22.2. The van der Waals surface area contributed by atoms with Gasteiger partial charge in [-0.15, -0.1) is 4.89 Å². The van der Waals surface area contributed by atoms with E-state index in [0.29, 0.717) is 6.54 Å². The van der Waals surface area contributed by atoms with Gasteiger partial charge < -0.3 is 9.79 Å². The van der Waals surface area contributed by atoms with Gasteiger partial charge in [-0.3, -0.25) is 0 Å². The summed E-state index contributed by atoms with van der Waals surface area (Å²) >= 11 is 0. The van der Waals surface area contributed by atoms with E-state index >= 15 is 0 Å². The molecule has 0 atom stereocenters. The minimum Gasteiger partial charge on any atom is -0.336 e. The van der Waals surface area contributed by atoms with Crippen molar-refractivity contribution in [1.82, 2.24) is 15.3 Å². The quantitative estimate of drug-likeness (QED) is 0.134. The number of nitrogens with one attached hydrogen (secondary N) is 1. The SMILES string of the molecule is CC(C)NN(N(CCC#N)C(C)(C)CC[Si](c1ccccc1)(c1ccccc1)c1ccccc1)P(O)O. The van der Waals surface area contributed by atoms with E-state index in [2.05, 4.69) is 116 Å². The van der Waals surface area contributed by atoms with Crippen LogP contribution in [0.5, 0.6) is 0 Å². The van der Waals surface area contributed by atoms with Crippen LogP contribution in [0.25, 0.3) is 0 Å². The third-order valence-corrected chi connectivity index (χ3v) is 12.4. The van der Waals surface area contributed by atoms with Gasteiger partial charge >= 0.3 is 0 Å². The van der Waals surface area contributed by atoms with E-state index in [1.807, 2.05) is 18.9 Å². The molecule has 0 radical (unpaired) electrons. The largest absolute Gasteiger partial charge is 0.336 e. The van der Waals surface area contributed by atoms with Crippen LogP contribution in [0.15, 0.2) is 91.0 Å². The summed E-state index contributed by atoms with van der Waals surface area (Å²) in [5, 5.41) is 15.3. The number of hydrogen-bond acceptors (Lipinski definition) is 6. The second-order valence-corrected chi connectivity index (χ2v) is 15.1. The molecule has 3 aromatic carbocycles. The molecular formula is C29H39N4O2PSi. The van der Waals surface area contributed by atoms with Crippen molar-refractivity contribution in [3.05, 3.63) is 91.0 Å². The van der Waals surface area contributed by atoms with E-state index < -0.39 is 22.1 Å². The molecule has 0 unspecified atom stereocenters. The van der Waals surface area contributed by atoms with E-state index in [0.717, 1.165) is 12.5 Å².